The van der Waals surface area contributed by atoms with Gasteiger partial charge in [0, 0.05) is 19.2 Å². The van der Waals surface area contributed by atoms with Crippen molar-refractivity contribution in [1.29, 1.82) is 0 Å². The number of anilines is 1. The van der Waals surface area contributed by atoms with E-state index in [0.717, 1.165) is 6.21 Å². The number of nitrogens with one attached hydrogen (secondary N) is 2. The molecule has 11 heteroatoms. The van der Waals surface area contributed by atoms with Crippen LogP contribution in [0.3, 0.4) is 0 Å². The van der Waals surface area contributed by atoms with Gasteiger partial charge in [0.15, 0.2) is 0 Å². The molecule has 1 saturated heterocycles. The van der Waals surface area contributed by atoms with Crippen LogP contribution in [0.15, 0.2) is 53.6 Å². The number of nitro groups is 1. The average Bonchev–Trinajstić information content (AvgIpc) is 2.79. The summed E-state index contributed by atoms with van der Waals surface area (Å²) in [5.74, 6) is -2.42. The summed E-state index contributed by atoms with van der Waals surface area (Å²) in [7, 11) is 0. The van der Waals surface area contributed by atoms with E-state index in [4.69, 9.17) is 4.74 Å². The molecule has 0 unspecified atom stereocenters. The summed E-state index contributed by atoms with van der Waals surface area (Å²) in [4.78, 5) is 49.0. The highest BCUT2D eigenvalue weighted by molar-refractivity contribution is 6.40. The van der Waals surface area contributed by atoms with Crippen LogP contribution in [0.25, 0.3) is 0 Å². The molecule has 31 heavy (non-hydrogen) atoms. The lowest BCUT2D eigenvalue weighted by Gasteiger charge is -2.27. The van der Waals surface area contributed by atoms with E-state index in [1.165, 1.54) is 24.3 Å². The summed E-state index contributed by atoms with van der Waals surface area (Å²) in [6.07, 6.45) is 1.07. The number of ether oxygens (including phenoxy) is 1. The zero-order valence-corrected chi connectivity index (χ0v) is 16.3. The van der Waals surface area contributed by atoms with Gasteiger partial charge in [-0.25, -0.2) is 5.43 Å². The number of morpholine rings is 1. The lowest BCUT2D eigenvalue weighted by Crippen LogP contribution is -2.41. The van der Waals surface area contributed by atoms with Gasteiger partial charge in [-0.2, -0.15) is 5.10 Å². The lowest BCUT2D eigenvalue weighted by atomic mass is 10.1. The fourth-order valence-electron chi connectivity index (χ4n) is 2.87. The number of rotatable bonds is 5. The van der Waals surface area contributed by atoms with E-state index in [1.54, 1.807) is 29.2 Å². The first-order valence-corrected chi connectivity index (χ1v) is 9.31. The van der Waals surface area contributed by atoms with Gasteiger partial charge in [0.25, 0.3) is 11.6 Å². The Morgan fingerprint density at radius 1 is 1.03 bits per heavy atom. The minimum atomic E-state index is -1.09. The summed E-state index contributed by atoms with van der Waals surface area (Å²) in [6, 6.07) is 12.1. The van der Waals surface area contributed by atoms with Crippen molar-refractivity contribution in [3.63, 3.8) is 0 Å². The third-order valence-electron chi connectivity index (χ3n) is 4.41. The van der Waals surface area contributed by atoms with Crippen molar-refractivity contribution in [1.82, 2.24) is 10.3 Å². The van der Waals surface area contributed by atoms with Crippen LogP contribution < -0.4 is 10.7 Å². The minimum absolute atomic E-state index is 0.162. The SMILES string of the molecule is O=C(N/N=C/c1ccccc1[N+](=O)[O-])C(=O)Nc1ccccc1C(=O)N1CCOCC1. The maximum atomic E-state index is 12.7. The molecule has 1 heterocycles. The van der Waals surface area contributed by atoms with Gasteiger partial charge in [-0.05, 0) is 18.2 Å². The first kappa shape index (κ1) is 21.6. The van der Waals surface area contributed by atoms with Crippen molar-refractivity contribution in [2.45, 2.75) is 0 Å². The topological polar surface area (TPSA) is 143 Å². The number of nitro benzene ring substituents is 1. The molecular weight excluding hydrogens is 406 g/mol. The monoisotopic (exact) mass is 425 g/mol. The summed E-state index contributed by atoms with van der Waals surface area (Å²) in [5.41, 5.74) is 2.41. The van der Waals surface area contributed by atoms with E-state index in [-0.39, 0.29) is 28.4 Å². The molecule has 0 spiro atoms. The third kappa shape index (κ3) is 5.48. The molecule has 0 radical (unpaired) electrons. The van der Waals surface area contributed by atoms with Crippen LogP contribution >= 0.6 is 0 Å². The predicted octanol–water partition coefficient (Wildman–Crippen LogP) is 1.16. The van der Waals surface area contributed by atoms with Gasteiger partial charge in [0.2, 0.25) is 0 Å². The molecule has 1 fully saturated rings. The minimum Gasteiger partial charge on any atom is -0.378 e. The van der Waals surface area contributed by atoms with Gasteiger partial charge < -0.3 is 15.0 Å². The van der Waals surface area contributed by atoms with Gasteiger partial charge in [-0.1, -0.05) is 24.3 Å². The lowest BCUT2D eigenvalue weighted by molar-refractivity contribution is -0.385. The number of carbonyl (C=O) groups is 3. The maximum Gasteiger partial charge on any atom is 0.329 e. The zero-order chi connectivity index (χ0) is 22.2. The zero-order valence-electron chi connectivity index (χ0n) is 16.3. The normalized spacial score (nSPS) is 13.6. The highest BCUT2D eigenvalue weighted by Crippen LogP contribution is 2.18. The molecule has 2 aromatic rings. The largest absolute Gasteiger partial charge is 0.378 e. The summed E-state index contributed by atoms with van der Waals surface area (Å²) >= 11 is 0. The van der Waals surface area contributed by atoms with Gasteiger partial charge >= 0.3 is 11.8 Å². The Kier molecular flexibility index (Phi) is 7.01. The number of hydrogen-bond donors (Lipinski definition) is 2. The number of hydrogen-bond acceptors (Lipinski definition) is 7. The van der Waals surface area contributed by atoms with Crippen LogP contribution in [0.1, 0.15) is 15.9 Å². The molecule has 2 aromatic carbocycles. The molecule has 0 saturated carbocycles. The quantitative estimate of drug-likeness (QED) is 0.318. The smallest absolute Gasteiger partial charge is 0.329 e. The Hall–Kier alpha value is -4.12. The van der Waals surface area contributed by atoms with Crippen molar-refractivity contribution in [3.05, 3.63) is 69.8 Å². The van der Waals surface area contributed by atoms with Crippen LogP contribution in [-0.2, 0) is 14.3 Å². The number of nitrogens with zero attached hydrogens (tertiary/aromatic N) is 3. The van der Waals surface area contributed by atoms with E-state index in [0.29, 0.717) is 26.3 Å². The van der Waals surface area contributed by atoms with Gasteiger partial charge in [0.1, 0.15) is 0 Å². The van der Waals surface area contributed by atoms with E-state index in [2.05, 4.69) is 10.4 Å². The molecule has 160 valence electrons. The molecule has 0 aliphatic carbocycles. The molecular formula is C20H19N5O6. The van der Waals surface area contributed by atoms with Crippen LogP contribution in [0, 0.1) is 10.1 Å². The fourth-order valence-corrected chi connectivity index (χ4v) is 2.87. The first-order chi connectivity index (χ1) is 15.0. The van der Waals surface area contributed by atoms with Crippen molar-refractivity contribution >= 4 is 35.3 Å². The molecule has 3 rings (SSSR count). The molecule has 0 bridgehead atoms. The van der Waals surface area contributed by atoms with Crippen molar-refractivity contribution in [3.8, 4) is 0 Å². The van der Waals surface area contributed by atoms with Gasteiger partial charge in [-0.15, -0.1) is 0 Å². The molecule has 0 atom stereocenters. The van der Waals surface area contributed by atoms with Gasteiger partial charge in [0.05, 0.1) is 41.2 Å². The number of hydrazone groups is 1. The maximum absolute atomic E-state index is 12.7. The van der Waals surface area contributed by atoms with Crippen molar-refractivity contribution < 1.29 is 24.0 Å². The predicted molar refractivity (Wildman–Crippen MR) is 111 cm³/mol. The van der Waals surface area contributed by atoms with E-state index in [9.17, 15) is 24.5 Å². The van der Waals surface area contributed by atoms with Crippen LogP contribution in [0.5, 0.6) is 0 Å². The fraction of sp³-hybridized carbons (Fsp3) is 0.200. The Morgan fingerprint density at radius 2 is 1.71 bits per heavy atom. The molecule has 0 aromatic heterocycles. The second-order valence-electron chi connectivity index (χ2n) is 6.42. The highest BCUT2D eigenvalue weighted by atomic mass is 16.6. The summed E-state index contributed by atoms with van der Waals surface area (Å²) in [6.45, 7) is 1.73. The highest BCUT2D eigenvalue weighted by Gasteiger charge is 2.23. The van der Waals surface area contributed by atoms with Crippen LogP contribution in [0.2, 0.25) is 0 Å². The van der Waals surface area contributed by atoms with Crippen molar-refractivity contribution in [2.75, 3.05) is 31.6 Å². The second kappa shape index (κ2) is 10.1. The molecule has 1 aliphatic rings. The standard InChI is InChI=1S/C20H19N5O6/c26-18(19(27)23-21-13-14-5-1-4-8-17(14)25(29)30)22-16-7-3-2-6-15(16)20(28)24-9-11-31-12-10-24/h1-8,13H,9-12H2,(H,22,26)(H,23,27)/b21-13+. The summed E-state index contributed by atoms with van der Waals surface area (Å²) < 4.78 is 5.23. The number of benzene rings is 2. The molecule has 11 nitrogen and oxygen atoms in total. The van der Waals surface area contributed by atoms with Gasteiger partial charge in [-0.3, -0.25) is 24.5 Å². The van der Waals surface area contributed by atoms with Crippen LogP contribution in [-0.4, -0.2) is 60.1 Å². The number of para-hydroxylation sites is 2. The van der Waals surface area contributed by atoms with E-state index in [1.807, 2.05) is 5.43 Å². The average molecular weight is 425 g/mol. The molecule has 1 aliphatic heterocycles. The Bertz CT molecular complexity index is 1030. The summed E-state index contributed by atoms with van der Waals surface area (Å²) in [5, 5.41) is 17.0. The van der Waals surface area contributed by atoms with Crippen molar-refractivity contribution in [2.24, 2.45) is 5.10 Å². The Balaban J connectivity index is 1.65. The Labute approximate surface area is 176 Å². The number of amides is 3. The van der Waals surface area contributed by atoms with E-state index < -0.39 is 16.7 Å². The first-order valence-electron chi connectivity index (χ1n) is 9.31. The second-order valence-corrected chi connectivity index (χ2v) is 6.42. The van der Waals surface area contributed by atoms with Crippen LogP contribution in [0.4, 0.5) is 11.4 Å². The molecule has 3 amide bonds. The molecule has 2 N–H and O–H groups in total. The van der Waals surface area contributed by atoms with E-state index >= 15 is 0 Å². The Morgan fingerprint density at radius 3 is 2.45 bits per heavy atom. The number of carbonyl (C=O) groups excluding carboxylic acids is 3. The third-order valence-corrected chi connectivity index (χ3v) is 4.41.